The molecule has 0 spiro atoms. The summed E-state index contributed by atoms with van der Waals surface area (Å²) in [6, 6.07) is 4.69. The Labute approximate surface area is 102 Å². The lowest BCUT2D eigenvalue weighted by atomic mass is 9.96. The van der Waals surface area contributed by atoms with Gasteiger partial charge in [-0.15, -0.1) is 0 Å². The van der Waals surface area contributed by atoms with Gasteiger partial charge < -0.3 is 0 Å². The molecule has 4 heteroatoms. The molecule has 0 aromatic heterocycles. The average Bonchev–Trinajstić information content (AvgIpc) is 2.26. The van der Waals surface area contributed by atoms with Crippen LogP contribution in [0.25, 0.3) is 0 Å². The van der Waals surface area contributed by atoms with Crippen LogP contribution in [0.15, 0.2) is 18.2 Å². The van der Waals surface area contributed by atoms with Gasteiger partial charge in [-0.2, -0.15) is 0 Å². The molecule has 1 rings (SSSR count). The van der Waals surface area contributed by atoms with Crippen molar-refractivity contribution in [3.05, 3.63) is 34.9 Å². The molecule has 0 heterocycles. The molecule has 0 radical (unpaired) electrons. The molecule has 1 atom stereocenters. The van der Waals surface area contributed by atoms with Crippen LogP contribution >= 0.6 is 15.9 Å². The number of alkyl halides is 3. The van der Waals surface area contributed by atoms with Gasteiger partial charge in [-0.25, -0.2) is 8.78 Å². The van der Waals surface area contributed by atoms with Gasteiger partial charge in [0.05, 0.1) is 4.83 Å². The van der Waals surface area contributed by atoms with Crippen molar-refractivity contribution in [3.8, 4) is 0 Å². The number of hydrogen-bond acceptors (Lipinski definition) is 1. The largest absolute Gasteiger partial charge is 0.298 e. The lowest BCUT2D eigenvalue weighted by Gasteiger charge is -2.15. The van der Waals surface area contributed by atoms with Crippen LogP contribution in [-0.2, 0) is 11.2 Å². The van der Waals surface area contributed by atoms with Crippen molar-refractivity contribution in [3.63, 3.8) is 0 Å². The zero-order chi connectivity index (χ0) is 12.3. The van der Waals surface area contributed by atoms with Crippen molar-refractivity contribution in [1.82, 2.24) is 0 Å². The summed E-state index contributed by atoms with van der Waals surface area (Å²) < 4.78 is 25.5. The molecule has 88 valence electrons. The van der Waals surface area contributed by atoms with Gasteiger partial charge in [0, 0.05) is 5.56 Å². The number of benzene rings is 1. The van der Waals surface area contributed by atoms with Crippen LogP contribution in [0.5, 0.6) is 0 Å². The Morgan fingerprint density at radius 2 is 1.94 bits per heavy atom. The highest BCUT2D eigenvalue weighted by Crippen LogP contribution is 2.33. The number of rotatable bonds is 4. The Bertz CT molecular complexity index is 391. The molecule has 0 saturated carbocycles. The average molecular weight is 291 g/mol. The summed E-state index contributed by atoms with van der Waals surface area (Å²) in [4.78, 5) is 10.8. The van der Waals surface area contributed by atoms with Gasteiger partial charge in [-0.05, 0) is 24.5 Å². The first kappa shape index (κ1) is 13.3. The molecule has 0 aliphatic rings. The van der Waals surface area contributed by atoms with Gasteiger partial charge in [-0.1, -0.05) is 41.1 Å². The zero-order valence-electron chi connectivity index (χ0n) is 9.14. The molecule has 0 saturated heterocycles. The first-order chi connectivity index (χ1) is 7.49. The van der Waals surface area contributed by atoms with E-state index < -0.39 is 11.3 Å². The molecular formula is C12H13BrF2O. The van der Waals surface area contributed by atoms with Crippen LogP contribution in [0.1, 0.15) is 41.8 Å². The van der Waals surface area contributed by atoms with Crippen LogP contribution in [0.2, 0.25) is 0 Å². The number of carbonyl (C=O) groups is 1. The van der Waals surface area contributed by atoms with Gasteiger partial charge in [-0.3, -0.25) is 4.79 Å². The molecule has 0 aliphatic carbocycles. The maximum Gasteiger partial charge on any atom is 0.264 e. The molecule has 1 aromatic carbocycles. The van der Waals surface area contributed by atoms with Crippen LogP contribution in [0.4, 0.5) is 8.78 Å². The van der Waals surface area contributed by atoms with Gasteiger partial charge in [0.15, 0.2) is 0 Å². The van der Waals surface area contributed by atoms with Crippen molar-refractivity contribution >= 4 is 21.7 Å². The molecule has 0 N–H and O–H groups in total. The summed E-state index contributed by atoms with van der Waals surface area (Å²) in [5, 5.41) is 0. The highest BCUT2D eigenvalue weighted by atomic mass is 79.9. The van der Waals surface area contributed by atoms with Gasteiger partial charge in [0.1, 0.15) is 5.78 Å². The highest BCUT2D eigenvalue weighted by Gasteiger charge is 2.20. The van der Waals surface area contributed by atoms with E-state index in [1.165, 1.54) is 13.0 Å². The Balaban J connectivity index is 3.29. The molecular weight excluding hydrogens is 278 g/mol. The van der Waals surface area contributed by atoms with E-state index >= 15 is 0 Å². The third kappa shape index (κ3) is 2.67. The second-order valence-electron chi connectivity index (χ2n) is 3.54. The van der Waals surface area contributed by atoms with Gasteiger partial charge in [0.2, 0.25) is 0 Å². The van der Waals surface area contributed by atoms with E-state index in [0.29, 0.717) is 17.5 Å². The maximum absolute atomic E-state index is 12.8. The van der Waals surface area contributed by atoms with E-state index in [9.17, 15) is 13.6 Å². The molecule has 16 heavy (non-hydrogen) atoms. The summed E-state index contributed by atoms with van der Waals surface area (Å²) in [6.07, 6.45) is -2.01. The van der Waals surface area contributed by atoms with Crippen molar-refractivity contribution < 1.29 is 13.6 Å². The minimum atomic E-state index is -2.50. The SMILES string of the molecule is CCc1c(C(F)F)cccc1C(Br)C(C)=O. The molecule has 0 amide bonds. The second kappa shape index (κ2) is 5.53. The fourth-order valence-corrected chi connectivity index (χ4v) is 2.12. The predicted octanol–water partition coefficient (Wildman–Crippen LogP) is 4.21. The molecule has 0 aliphatic heterocycles. The number of halogens is 3. The third-order valence-corrected chi connectivity index (χ3v) is 3.61. The molecule has 0 fully saturated rings. The van der Waals surface area contributed by atoms with E-state index in [4.69, 9.17) is 0 Å². The van der Waals surface area contributed by atoms with Crippen molar-refractivity contribution in [1.29, 1.82) is 0 Å². The fraction of sp³-hybridized carbons (Fsp3) is 0.417. The van der Waals surface area contributed by atoms with E-state index in [0.717, 1.165) is 0 Å². The van der Waals surface area contributed by atoms with Crippen molar-refractivity contribution in [2.45, 2.75) is 31.5 Å². The molecule has 1 unspecified atom stereocenters. The van der Waals surface area contributed by atoms with E-state index in [1.807, 2.05) is 6.92 Å². The number of Topliss-reactive ketones (excluding diaryl/α,β-unsaturated/α-hetero) is 1. The topological polar surface area (TPSA) is 17.1 Å². The van der Waals surface area contributed by atoms with Crippen LogP contribution in [0.3, 0.4) is 0 Å². The first-order valence-electron chi connectivity index (χ1n) is 5.03. The zero-order valence-corrected chi connectivity index (χ0v) is 10.7. The predicted molar refractivity (Wildman–Crippen MR) is 63.1 cm³/mol. The van der Waals surface area contributed by atoms with E-state index in [1.54, 1.807) is 12.1 Å². The lowest BCUT2D eigenvalue weighted by molar-refractivity contribution is -0.116. The van der Waals surface area contributed by atoms with Crippen LogP contribution in [-0.4, -0.2) is 5.78 Å². The normalized spacial score (nSPS) is 12.9. The summed E-state index contributed by atoms with van der Waals surface area (Å²) >= 11 is 3.23. The van der Waals surface area contributed by atoms with Gasteiger partial charge >= 0.3 is 0 Å². The standard InChI is InChI=1S/C12H13BrF2O/c1-3-8-9(11(13)7(2)16)5-4-6-10(8)12(14)15/h4-6,11-12H,3H2,1-2H3. The Morgan fingerprint density at radius 1 is 1.38 bits per heavy atom. The van der Waals surface area contributed by atoms with Crippen LogP contribution < -0.4 is 0 Å². The summed E-state index contributed by atoms with van der Waals surface area (Å²) in [5.41, 5.74) is 1.23. The smallest absolute Gasteiger partial charge is 0.264 e. The Kier molecular flexibility index (Phi) is 4.59. The number of carbonyl (C=O) groups excluding carboxylic acids is 1. The maximum atomic E-state index is 12.8. The van der Waals surface area contributed by atoms with E-state index in [2.05, 4.69) is 15.9 Å². The van der Waals surface area contributed by atoms with E-state index in [-0.39, 0.29) is 11.3 Å². The first-order valence-corrected chi connectivity index (χ1v) is 5.95. The second-order valence-corrected chi connectivity index (χ2v) is 4.46. The fourth-order valence-electron chi connectivity index (χ4n) is 1.69. The van der Waals surface area contributed by atoms with Crippen molar-refractivity contribution in [2.75, 3.05) is 0 Å². The molecule has 1 nitrogen and oxygen atoms in total. The molecule has 0 bridgehead atoms. The quantitative estimate of drug-likeness (QED) is 0.759. The monoisotopic (exact) mass is 290 g/mol. The highest BCUT2D eigenvalue weighted by molar-refractivity contribution is 9.09. The summed E-state index contributed by atoms with van der Waals surface area (Å²) in [6.45, 7) is 3.25. The Hall–Kier alpha value is -0.770. The minimum absolute atomic E-state index is 0.0192. The summed E-state index contributed by atoms with van der Waals surface area (Å²) in [7, 11) is 0. The minimum Gasteiger partial charge on any atom is -0.298 e. The lowest BCUT2D eigenvalue weighted by Crippen LogP contribution is -2.07. The third-order valence-electron chi connectivity index (χ3n) is 2.47. The Morgan fingerprint density at radius 3 is 2.38 bits per heavy atom. The number of ketones is 1. The van der Waals surface area contributed by atoms with Crippen molar-refractivity contribution in [2.24, 2.45) is 0 Å². The summed E-state index contributed by atoms with van der Waals surface area (Å²) in [5.74, 6) is -0.0823. The van der Waals surface area contributed by atoms with Gasteiger partial charge in [0.25, 0.3) is 6.43 Å². The van der Waals surface area contributed by atoms with Crippen LogP contribution in [0, 0.1) is 0 Å². The number of hydrogen-bond donors (Lipinski definition) is 0. The molecule has 1 aromatic rings.